The summed E-state index contributed by atoms with van der Waals surface area (Å²) >= 11 is 0. The maximum Gasteiger partial charge on any atom is 0.417 e. The summed E-state index contributed by atoms with van der Waals surface area (Å²) in [6.07, 6.45) is 1.35. The van der Waals surface area contributed by atoms with E-state index in [0.717, 1.165) is 36.3 Å². The summed E-state index contributed by atoms with van der Waals surface area (Å²) in [6.45, 7) is 0. The predicted octanol–water partition coefficient (Wildman–Crippen LogP) is 5.18. The number of hydrogen-bond acceptors (Lipinski definition) is 3. The highest BCUT2D eigenvalue weighted by Crippen LogP contribution is 2.41. The van der Waals surface area contributed by atoms with Crippen molar-refractivity contribution in [2.24, 2.45) is 7.05 Å². The fourth-order valence-electron chi connectivity index (χ4n) is 5.32. The molecule has 0 aliphatic carbocycles. The average Bonchev–Trinajstić information content (AvgIpc) is 3.31. The molecule has 4 aromatic rings. The zero-order valence-corrected chi connectivity index (χ0v) is 19.1. The Morgan fingerprint density at radius 2 is 1.91 bits per heavy atom. The Bertz CT molecular complexity index is 1460. The van der Waals surface area contributed by atoms with Gasteiger partial charge in [0.1, 0.15) is 0 Å². The number of aryl methyl sites for hydroxylation is 1. The van der Waals surface area contributed by atoms with Crippen LogP contribution in [0, 0.1) is 0 Å². The van der Waals surface area contributed by atoms with E-state index in [4.69, 9.17) is 0 Å². The summed E-state index contributed by atoms with van der Waals surface area (Å²) in [5.41, 5.74) is 4.29. The van der Waals surface area contributed by atoms with Crippen LogP contribution in [0.3, 0.4) is 0 Å². The number of nitrogens with one attached hydrogen (secondary N) is 1. The second kappa shape index (κ2) is 7.99. The Morgan fingerprint density at radius 1 is 1.09 bits per heavy atom. The zero-order chi connectivity index (χ0) is 22.9. The molecule has 2 unspecified atom stereocenters. The SMILES string of the molecule is Cl.Cn1c2c(c3ccc(-n4ccc(-c5ccc(C(F)(F)F)cn5)cc4=O)cc31)C1CCC(C2)N1. The van der Waals surface area contributed by atoms with E-state index in [0.29, 0.717) is 23.3 Å². The van der Waals surface area contributed by atoms with Gasteiger partial charge in [-0.1, -0.05) is 6.07 Å². The van der Waals surface area contributed by atoms with Crippen LogP contribution < -0.4 is 10.9 Å². The number of halogens is 4. The Labute approximate surface area is 199 Å². The summed E-state index contributed by atoms with van der Waals surface area (Å²) in [4.78, 5) is 16.8. The first-order valence-electron chi connectivity index (χ1n) is 10.9. The molecule has 9 heteroatoms. The third-order valence-corrected chi connectivity index (χ3v) is 6.96. The Hall–Kier alpha value is -3.10. The molecule has 3 aromatic heterocycles. The van der Waals surface area contributed by atoms with Crippen LogP contribution in [0.2, 0.25) is 0 Å². The van der Waals surface area contributed by atoms with Gasteiger partial charge in [0, 0.05) is 60.7 Å². The molecule has 6 rings (SSSR count). The molecule has 0 amide bonds. The lowest BCUT2D eigenvalue weighted by molar-refractivity contribution is -0.137. The minimum absolute atomic E-state index is 0. The molecule has 0 radical (unpaired) electrons. The normalized spacial score (nSPS) is 19.2. The Balaban J connectivity index is 0.00000241. The highest BCUT2D eigenvalue weighted by molar-refractivity contribution is 5.88. The van der Waals surface area contributed by atoms with Crippen LogP contribution in [0.5, 0.6) is 0 Å². The van der Waals surface area contributed by atoms with E-state index in [-0.39, 0.29) is 18.0 Å². The van der Waals surface area contributed by atoms with Gasteiger partial charge in [-0.3, -0.25) is 14.3 Å². The van der Waals surface area contributed by atoms with Crippen molar-refractivity contribution in [1.29, 1.82) is 0 Å². The summed E-state index contributed by atoms with van der Waals surface area (Å²) in [7, 11) is 2.08. The molecule has 0 spiro atoms. The largest absolute Gasteiger partial charge is 0.417 e. The summed E-state index contributed by atoms with van der Waals surface area (Å²) in [5.74, 6) is 0. The van der Waals surface area contributed by atoms with Crippen LogP contribution in [0.4, 0.5) is 13.2 Å². The van der Waals surface area contributed by atoms with Crippen LogP contribution >= 0.6 is 12.4 Å². The van der Waals surface area contributed by atoms with Crippen molar-refractivity contribution < 1.29 is 13.2 Å². The minimum Gasteiger partial charge on any atom is -0.347 e. The third-order valence-electron chi connectivity index (χ3n) is 6.96. The molecule has 1 saturated heterocycles. The second-order valence-corrected chi connectivity index (χ2v) is 8.87. The lowest BCUT2D eigenvalue weighted by Crippen LogP contribution is -2.32. The smallest absolute Gasteiger partial charge is 0.347 e. The molecule has 5 nitrogen and oxygen atoms in total. The van der Waals surface area contributed by atoms with Crippen LogP contribution in [0.1, 0.15) is 35.7 Å². The van der Waals surface area contributed by atoms with E-state index in [9.17, 15) is 18.0 Å². The van der Waals surface area contributed by atoms with Crippen molar-refractivity contribution in [1.82, 2.24) is 19.4 Å². The van der Waals surface area contributed by atoms with Gasteiger partial charge >= 0.3 is 6.18 Å². The first-order chi connectivity index (χ1) is 15.8. The first kappa shape index (κ1) is 22.7. The van der Waals surface area contributed by atoms with Crippen molar-refractivity contribution in [3.63, 3.8) is 0 Å². The standard InChI is InChI=1S/C25H21F3N4O.ClH/c1-31-21-12-17(4-5-18(21)24-20-7-3-16(30-20)11-22(24)31)32-9-8-14(10-23(32)33)19-6-2-15(13-29-19)25(26,27)28;/h2,4-6,8-10,12-13,16,20,30H,3,7,11H2,1H3;1H. The van der Waals surface area contributed by atoms with Crippen molar-refractivity contribution in [2.75, 3.05) is 0 Å². The number of pyridine rings is 2. The van der Waals surface area contributed by atoms with Gasteiger partial charge in [0.15, 0.2) is 0 Å². The Morgan fingerprint density at radius 3 is 2.62 bits per heavy atom. The molecule has 2 aliphatic rings. The molecule has 1 aromatic carbocycles. The van der Waals surface area contributed by atoms with Gasteiger partial charge in [0.2, 0.25) is 0 Å². The van der Waals surface area contributed by atoms with Gasteiger partial charge in [0.05, 0.1) is 22.5 Å². The molecular formula is C25H22ClF3N4O. The molecule has 2 bridgehead atoms. The van der Waals surface area contributed by atoms with E-state index in [1.165, 1.54) is 35.2 Å². The van der Waals surface area contributed by atoms with E-state index in [1.807, 2.05) is 12.1 Å². The number of hydrogen-bond donors (Lipinski definition) is 1. The fraction of sp³-hybridized carbons (Fsp3) is 0.280. The third kappa shape index (κ3) is 3.52. The number of rotatable bonds is 2. The molecule has 34 heavy (non-hydrogen) atoms. The summed E-state index contributed by atoms with van der Waals surface area (Å²) in [5, 5.41) is 4.92. The van der Waals surface area contributed by atoms with Crippen LogP contribution in [-0.4, -0.2) is 20.2 Å². The maximum atomic E-state index is 12.9. The quantitative estimate of drug-likeness (QED) is 0.425. The van der Waals surface area contributed by atoms with E-state index >= 15 is 0 Å². The fourth-order valence-corrected chi connectivity index (χ4v) is 5.32. The monoisotopic (exact) mass is 486 g/mol. The van der Waals surface area contributed by atoms with Gasteiger partial charge in [-0.25, -0.2) is 0 Å². The zero-order valence-electron chi connectivity index (χ0n) is 18.3. The lowest BCUT2D eigenvalue weighted by atomic mass is 9.99. The van der Waals surface area contributed by atoms with Gasteiger partial charge in [-0.15, -0.1) is 12.4 Å². The number of fused-ring (bicyclic) bond motifs is 6. The molecule has 2 atom stereocenters. The van der Waals surface area contributed by atoms with Gasteiger partial charge < -0.3 is 9.88 Å². The average molecular weight is 487 g/mol. The van der Waals surface area contributed by atoms with Crippen LogP contribution in [0.25, 0.3) is 27.8 Å². The van der Waals surface area contributed by atoms with Crippen molar-refractivity contribution in [3.05, 3.63) is 82.0 Å². The molecule has 2 aliphatic heterocycles. The molecular weight excluding hydrogens is 465 g/mol. The van der Waals surface area contributed by atoms with E-state index < -0.39 is 11.7 Å². The highest BCUT2D eigenvalue weighted by Gasteiger charge is 2.35. The van der Waals surface area contributed by atoms with Crippen molar-refractivity contribution in [3.8, 4) is 16.9 Å². The van der Waals surface area contributed by atoms with Gasteiger partial charge in [-0.05, 0) is 48.7 Å². The number of aromatic nitrogens is 3. The van der Waals surface area contributed by atoms with Gasteiger partial charge in [-0.2, -0.15) is 13.2 Å². The molecule has 5 heterocycles. The molecule has 0 saturated carbocycles. The highest BCUT2D eigenvalue weighted by atomic mass is 35.5. The van der Waals surface area contributed by atoms with Crippen LogP contribution in [0.15, 0.2) is 59.7 Å². The topological polar surface area (TPSA) is 51.9 Å². The van der Waals surface area contributed by atoms with Gasteiger partial charge in [0.25, 0.3) is 5.56 Å². The number of nitrogens with zero attached hydrogens (tertiary/aromatic N) is 3. The maximum absolute atomic E-state index is 12.9. The van der Waals surface area contributed by atoms with Crippen molar-refractivity contribution >= 4 is 23.3 Å². The lowest BCUT2D eigenvalue weighted by Gasteiger charge is -2.23. The molecule has 176 valence electrons. The van der Waals surface area contributed by atoms with E-state index in [1.54, 1.807) is 16.8 Å². The first-order valence-corrected chi connectivity index (χ1v) is 10.9. The molecule has 1 fully saturated rings. The molecule has 1 N–H and O–H groups in total. The summed E-state index contributed by atoms with van der Waals surface area (Å²) < 4.78 is 42.1. The Kier molecular flexibility index (Phi) is 5.33. The number of alkyl halides is 3. The van der Waals surface area contributed by atoms with E-state index in [2.05, 4.69) is 28.0 Å². The predicted molar refractivity (Wildman–Crippen MR) is 127 cm³/mol. The van der Waals surface area contributed by atoms with Crippen molar-refractivity contribution in [2.45, 2.75) is 37.5 Å². The minimum atomic E-state index is -4.45. The summed E-state index contributed by atoms with van der Waals surface area (Å²) in [6, 6.07) is 12.3. The number of benzene rings is 1. The van der Waals surface area contributed by atoms with Crippen LogP contribution in [-0.2, 0) is 19.6 Å². The second-order valence-electron chi connectivity index (χ2n) is 8.87.